The van der Waals surface area contributed by atoms with Gasteiger partial charge in [0.25, 0.3) is 0 Å². The summed E-state index contributed by atoms with van der Waals surface area (Å²) < 4.78 is 54.3. The molecule has 162 valence electrons. The summed E-state index contributed by atoms with van der Waals surface area (Å²) in [5.41, 5.74) is 3.46. The monoisotopic (exact) mass is 455 g/mol. The summed E-state index contributed by atoms with van der Waals surface area (Å²) in [5.74, 6) is 0.411. The highest BCUT2D eigenvalue weighted by atomic mass is 32.1. The van der Waals surface area contributed by atoms with Gasteiger partial charge in [0.2, 0.25) is 0 Å². The molecule has 1 saturated carbocycles. The van der Waals surface area contributed by atoms with Gasteiger partial charge in [0, 0.05) is 33.1 Å². The molecule has 0 saturated heterocycles. The smallest absolute Gasteiger partial charge is 0.338 e. The van der Waals surface area contributed by atoms with Crippen LogP contribution in [0, 0.1) is 11.3 Å². The molecule has 0 atom stereocenters. The molecule has 0 N–H and O–H groups in total. The van der Waals surface area contributed by atoms with Crippen molar-refractivity contribution in [2.24, 2.45) is 0 Å². The predicted octanol–water partition coefficient (Wildman–Crippen LogP) is 7.05. The molecule has 0 bridgehead atoms. The maximum absolute atomic E-state index is 13.7. The van der Waals surface area contributed by atoms with Crippen molar-refractivity contribution in [3.8, 4) is 16.6 Å². The van der Waals surface area contributed by atoms with Crippen molar-refractivity contribution in [3.05, 3.63) is 75.9 Å². The number of thiazole rings is 1. The van der Waals surface area contributed by atoms with Gasteiger partial charge in [0.1, 0.15) is 11.7 Å². The summed E-state index contributed by atoms with van der Waals surface area (Å²) in [6.45, 7) is -0.229. The molecule has 0 amide bonds. The fourth-order valence-corrected chi connectivity index (χ4v) is 4.85. The molecular weight excluding hydrogens is 438 g/mol. The molecule has 0 unspecified atom stereocenters. The van der Waals surface area contributed by atoms with Crippen molar-refractivity contribution in [1.29, 1.82) is 5.26 Å². The molecule has 2 aromatic heterocycles. The number of nitriles is 1. The average molecular weight is 455 g/mol. The van der Waals surface area contributed by atoms with Crippen molar-refractivity contribution in [2.45, 2.75) is 38.2 Å². The van der Waals surface area contributed by atoms with Crippen LogP contribution in [0.5, 0.6) is 0 Å². The number of hydrogen-bond donors (Lipinski definition) is 0. The molecule has 0 aliphatic heterocycles. The number of halogens is 4. The van der Waals surface area contributed by atoms with Crippen molar-refractivity contribution in [2.75, 3.05) is 0 Å². The summed E-state index contributed by atoms with van der Waals surface area (Å²) in [6.07, 6.45) is -2.23. The lowest BCUT2D eigenvalue weighted by Crippen LogP contribution is -2.04. The second-order valence-corrected chi connectivity index (χ2v) is 8.78. The Bertz CT molecular complexity index is 1340. The van der Waals surface area contributed by atoms with Gasteiger partial charge in [-0.25, -0.2) is 9.37 Å². The molecule has 2 heterocycles. The van der Waals surface area contributed by atoms with E-state index >= 15 is 0 Å². The van der Waals surface area contributed by atoms with Crippen molar-refractivity contribution < 1.29 is 17.6 Å². The highest BCUT2D eigenvalue weighted by molar-refractivity contribution is 7.13. The number of rotatable bonds is 5. The van der Waals surface area contributed by atoms with Crippen LogP contribution in [0.1, 0.15) is 46.8 Å². The van der Waals surface area contributed by atoms with Gasteiger partial charge >= 0.3 is 6.18 Å². The zero-order valence-corrected chi connectivity index (χ0v) is 17.6. The molecule has 2 aromatic carbocycles. The van der Waals surface area contributed by atoms with E-state index in [0.717, 1.165) is 47.3 Å². The normalized spacial score (nSPS) is 14.1. The third-order valence-corrected chi connectivity index (χ3v) is 6.75. The van der Waals surface area contributed by atoms with Crippen LogP contribution < -0.4 is 0 Å². The van der Waals surface area contributed by atoms with Crippen LogP contribution in [0.25, 0.3) is 21.5 Å². The Morgan fingerprint density at radius 2 is 1.88 bits per heavy atom. The fraction of sp³-hybridized carbons (Fsp3) is 0.250. The van der Waals surface area contributed by atoms with Crippen molar-refractivity contribution in [3.63, 3.8) is 0 Å². The van der Waals surface area contributed by atoms with Gasteiger partial charge in [-0.2, -0.15) is 18.4 Å². The largest absolute Gasteiger partial charge is 0.416 e. The second-order valence-electron chi connectivity index (χ2n) is 7.92. The number of aromatic nitrogens is 2. The van der Waals surface area contributed by atoms with Gasteiger partial charge in [-0.1, -0.05) is 12.1 Å². The van der Waals surface area contributed by atoms with Gasteiger partial charge in [0.05, 0.1) is 29.4 Å². The van der Waals surface area contributed by atoms with Crippen LogP contribution in [0.15, 0.2) is 47.8 Å². The van der Waals surface area contributed by atoms with E-state index in [1.165, 1.54) is 23.5 Å². The van der Waals surface area contributed by atoms with Crippen molar-refractivity contribution in [1.82, 2.24) is 9.55 Å². The van der Waals surface area contributed by atoms with Crippen LogP contribution in [0.3, 0.4) is 0 Å². The maximum Gasteiger partial charge on any atom is 0.416 e. The number of nitrogens with zero attached hydrogens (tertiary/aromatic N) is 3. The van der Waals surface area contributed by atoms with E-state index in [4.69, 9.17) is 0 Å². The Kier molecular flexibility index (Phi) is 5.01. The Morgan fingerprint density at radius 3 is 2.50 bits per heavy atom. The Hall–Kier alpha value is -3.18. The van der Waals surface area contributed by atoms with E-state index in [-0.39, 0.29) is 0 Å². The fourth-order valence-electron chi connectivity index (χ4n) is 4.03. The van der Waals surface area contributed by atoms with Crippen LogP contribution in [-0.2, 0) is 19.4 Å². The topological polar surface area (TPSA) is 41.6 Å². The molecule has 3 nitrogen and oxygen atoms in total. The number of fused-ring (bicyclic) bond motifs is 1. The molecule has 0 radical (unpaired) electrons. The number of hydrogen-bond acceptors (Lipinski definition) is 3. The van der Waals surface area contributed by atoms with Gasteiger partial charge in [0.15, 0.2) is 0 Å². The minimum absolute atomic E-state index is 0.345. The van der Waals surface area contributed by atoms with Crippen LogP contribution >= 0.6 is 11.3 Å². The lowest BCUT2D eigenvalue weighted by atomic mass is 10.0. The summed E-state index contributed by atoms with van der Waals surface area (Å²) in [6, 6.07) is 12.6. The zero-order chi connectivity index (χ0) is 22.5. The molecule has 5 rings (SSSR count). The van der Waals surface area contributed by atoms with E-state index in [9.17, 15) is 22.8 Å². The first-order valence-corrected chi connectivity index (χ1v) is 11.0. The molecule has 1 fully saturated rings. The first kappa shape index (κ1) is 20.7. The van der Waals surface area contributed by atoms with E-state index in [1.54, 1.807) is 6.07 Å². The standard InChI is InChI=1S/C24H17F4N3S/c25-10-20-16(11-29)5-8-21-19(20)9-22(14-1-2-14)31(21)12-18-13-32-23(30-18)15-3-6-17(7-4-15)24(26,27)28/h3-9,13-14H,1-2,10,12H2. The predicted molar refractivity (Wildman–Crippen MR) is 115 cm³/mol. The first-order chi connectivity index (χ1) is 15.4. The number of benzene rings is 2. The molecule has 1 aliphatic rings. The highest BCUT2D eigenvalue weighted by Gasteiger charge is 2.30. The third-order valence-electron chi connectivity index (χ3n) is 5.81. The van der Waals surface area contributed by atoms with Crippen LogP contribution in [0.2, 0.25) is 0 Å². The molecule has 0 spiro atoms. The van der Waals surface area contributed by atoms with E-state index < -0.39 is 18.4 Å². The second kappa shape index (κ2) is 7.75. The van der Waals surface area contributed by atoms with Gasteiger partial charge in [-0.05, 0) is 49.1 Å². The maximum atomic E-state index is 13.7. The average Bonchev–Trinajstić information content (AvgIpc) is 3.41. The van der Waals surface area contributed by atoms with E-state index in [1.807, 2.05) is 17.5 Å². The molecule has 1 aliphatic carbocycles. The Balaban J connectivity index is 1.50. The lowest BCUT2D eigenvalue weighted by Gasteiger charge is -2.09. The number of alkyl halides is 4. The Morgan fingerprint density at radius 1 is 1.12 bits per heavy atom. The van der Waals surface area contributed by atoms with Crippen molar-refractivity contribution >= 4 is 22.2 Å². The first-order valence-electron chi connectivity index (χ1n) is 10.1. The summed E-state index contributed by atoms with van der Waals surface area (Å²) >= 11 is 1.38. The van der Waals surface area contributed by atoms with E-state index in [2.05, 4.69) is 15.6 Å². The van der Waals surface area contributed by atoms with Crippen LogP contribution in [0.4, 0.5) is 17.6 Å². The molecule has 4 aromatic rings. The summed E-state index contributed by atoms with van der Waals surface area (Å²) in [7, 11) is 0. The minimum Gasteiger partial charge on any atom is -0.338 e. The third kappa shape index (κ3) is 3.67. The van der Waals surface area contributed by atoms with E-state index in [0.29, 0.717) is 34.2 Å². The molecule has 32 heavy (non-hydrogen) atoms. The lowest BCUT2D eigenvalue weighted by molar-refractivity contribution is -0.137. The Labute approximate surface area is 185 Å². The molecular formula is C24H17F4N3S. The van der Waals surface area contributed by atoms with Gasteiger partial charge in [-0.3, -0.25) is 0 Å². The summed E-state index contributed by atoms with van der Waals surface area (Å²) in [5, 5.41) is 12.6. The van der Waals surface area contributed by atoms with Gasteiger partial charge in [-0.15, -0.1) is 11.3 Å². The molecule has 8 heteroatoms. The highest BCUT2D eigenvalue weighted by Crippen LogP contribution is 2.43. The zero-order valence-electron chi connectivity index (χ0n) is 16.8. The summed E-state index contributed by atoms with van der Waals surface area (Å²) in [4.78, 5) is 4.64. The quantitative estimate of drug-likeness (QED) is 0.303. The van der Waals surface area contributed by atoms with Crippen LogP contribution in [-0.4, -0.2) is 9.55 Å². The SMILES string of the molecule is N#Cc1ccc2c(cc(C3CC3)n2Cc2csc(-c3ccc(C(F)(F)F)cc3)n2)c1CF. The van der Waals surface area contributed by atoms with Gasteiger partial charge < -0.3 is 4.57 Å². The minimum atomic E-state index is -4.37.